The van der Waals surface area contributed by atoms with Crippen molar-refractivity contribution in [2.45, 2.75) is 13.0 Å². The van der Waals surface area contributed by atoms with E-state index in [-0.39, 0.29) is 6.04 Å². The van der Waals surface area contributed by atoms with Crippen LogP contribution in [0, 0.1) is 0 Å². The SMILES string of the molecule is CNC(C)c1ccc2[nH]c(=O)c(=O)[nH]c2c1. The summed E-state index contributed by atoms with van der Waals surface area (Å²) in [5, 5.41) is 3.11. The van der Waals surface area contributed by atoms with E-state index in [1.54, 1.807) is 6.07 Å². The Balaban J connectivity index is 2.67. The van der Waals surface area contributed by atoms with Gasteiger partial charge in [-0.1, -0.05) is 6.07 Å². The Morgan fingerprint density at radius 3 is 2.38 bits per heavy atom. The quantitative estimate of drug-likeness (QED) is 0.643. The summed E-state index contributed by atoms with van der Waals surface area (Å²) in [6, 6.07) is 5.75. The molecule has 1 unspecified atom stereocenters. The third-order valence-electron chi connectivity index (χ3n) is 2.68. The molecule has 1 aromatic heterocycles. The highest BCUT2D eigenvalue weighted by molar-refractivity contribution is 5.74. The van der Waals surface area contributed by atoms with E-state index in [0.717, 1.165) is 5.56 Å². The van der Waals surface area contributed by atoms with Crippen LogP contribution in [0.3, 0.4) is 0 Å². The van der Waals surface area contributed by atoms with Gasteiger partial charge in [-0.25, -0.2) is 0 Å². The topological polar surface area (TPSA) is 77.8 Å². The summed E-state index contributed by atoms with van der Waals surface area (Å²) in [7, 11) is 1.87. The lowest BCUT2D eigenvalue weighted by atomic mass is 10.1. The van der Waals surface area contributed by atoms with Crippen molar-refractivity contribution in [1.82, 2.24) is 15.3 Å². The Kier molecular flexibility index (Phi) is 2.62. The van der Waals surface area contributed by atoms with Crippen molar-refractivity contribution in [2.24, 2.45) is 0 Å². The van der Waals surface area contributed by atoms with Gasteiger partial charge in [-0.05, 0) is 31.7 Å². The number of benzene rings is 1. The van der Waals surface area contributed by atoms with Crippen LogP contribution in [0.15, 0.2) is 27.8 Å². The zero-order chi connectivity index (χ0) is 11.7. The third-order valence-corrected chi connectivity index (χ3v) is 2.68. The average molecular weight is 219 g/mol. The first-order valence-corrected chi connectivity index (χ1v) is 5.05. The highest BCUT2D eigenvalue weighted by atomic mass is 16.2. The fourth-order valence-electron chi connectivity index (χ4n) is 1.57. The maximum Gasteiger partial charge on any atom is 0.314 e. The number of hydrogen-bond donors (Lipinski definition) is 3. The third kappa shape index (κ3) is 1.77. The predicted molar refractivity (Wildman–Crippen MR) is 62.7 cm³/mol. The molecule has 0 saturated carbocycles. The second-order valence-electron chi connectivity index (χ2n) is 3.72. The van der Waals surface area contributed by atoms with Crippen LogP contribution in [0.1, 0.15) is 18.5 Å². The van der Waals surface area contributed by atoms with Gasteiger partial charge >= 0.3 is 11.1 Å². The van der Waals surface area contributed by atoms with E-state index in [4.69, 9.17) is 0 Å². The Hall–Kier alpha value is -1.88. The van der Waals surface area contributed by atoms with Gasteiger partial charge in [0, 0.05) is 6.04 Å². The summed E-state index contributed by atoms with van der Waals surface area (Å²) in [5.74, 6) is 0. The second kappa shape index (κ2) is 3.94. The van der Waals surface area contributed by atoms with Crippen LogP contribution in [0.25, 0.3) is 11.0 Å². The van der Waals surface area contributed by atoms with Crippen molar-refractivity contribution >= 4 is 11.0 Å². The number of nitrogens with one attached hydrogen (secondary N) is 3. The van der Waals surface area contributed by atoms with Crippen molar-refractivity contribution in [1.29, 1.82) is 0 Å². The van der Waals surface area contributed by atoms with Crippen LogP contribution in [0.4, 0.5) is 0 Å². The van der Waals surface area contributed by atoms with E-state index in [9.17, 15) is 9.59 Å². The molecule has 0 aliphatic carbocycles. The van der Waals surface area contributed by atoms with E-state index in [1.807, 2.05) is 26.1 Å². The summed E-state index contributed by atoms with van der Waals surface area (Å²) in [6.45, 7) is 2.02. The number of H-pyrrole nitrogens is 2. The number of fused-ring (bicyclic) bond motifs is 1. The largest absolute Gasteiger partial charge is 0.316 e. The Bertz CT molecular complexity index is 627. The van der Waals surface area contributed by atoms with Gasteiger partial charge in [0.15, 0.2) is 0 Å². The molecule has 0 spiro atoms. The molecule has 0 aliphatic heterocycles. The molecule has 0 aliphatic rings. The summed E-state index contributed by atoms with van der Waals surface area (Å²) in [5.41, 5.74) is 1.09. The lowest BCUT2D eigenvalue weighted by Crippen LogP contribution is -2.29. The molecular formula is C11H13N3O2. The van der Waals surface area contributed by atoms with Crippen LogP contribution in [0.2, 0.25) is 0 Å². The minimum absolute atomic E-state index is 0.194. The summed E-state index contributed by atoms with van der Waals surface area (Å²) in [6.07, 6.45) is 0. The standard InChI is InChI=1S/C11H13N3O2/c1-6(12-2)7-3-4-8-9(5-7)14-11(16)10(15)13-8/h3-6,12H,1-2H3,(H,13,15)(H,14,16). The minimum atomic E-state index is -0.623. The fourth-order valence-corrected chi connectivity index (χ4v) is 1.57. The average Bonchev–Trinajstić information content (AvgIpc) is 2.29. The van der Waals surface area contributed by atoms with Crippen molar-refractivity contribution in [3.63, 3.8) is 0 Å². The van der Waals surface area contributed by atoms with Gasteiger partial charge in [-0.2, -0.15) is 0 Å². The first kappa shape index (κ1) is 10.6. The molecule has 5 nitrogen and oxygen atoms in total. The Morgan fingerprint density at radius 2 is 1.75 bits per heavy atom. The lowest BCUT2D eigenvalue weighted by Gasteiger charge is -2.10. The molecule has 1 atom stereocenters. The van der Waals surface area contributed by atoms with Crippen LogP contribution in [-0.4, -0.2) is 17.0 Å². The predicted octanol–water partition coefficient (Wildman–Crippen LogP) is 0.497. The molecule has 5 heteroatoms. The van der Waals surface area contributed by atoms with Crippen LogP contribution >= 0.6 is 0 Å². The zero-order valence-electron chi connectivity index (χ0n) is 9.13. The normalized spacial score (nSPS) is 12.9. The molecule has 0 saturated heterocycles. The van der Waals surface area contributed by atoms with Crippen molar-refractivity contribution in [3.05, 3.63) is 44.5 Å². The molecule has 0 fully saturated rings. The van der Waals surface area contributed by atoms with Gasteiger partial charge in [0.1, 0.15) is 0 Å². The number of aromatic amines is 2. The van der Waals surface area contributed by atoms with E-state index < -0.39 is 11.1 Å². The summed E-state index contributed by atoms with van der Waals surface area (Å²) >= 11 is 0. The van der Waals surface area contributed by atoms with E-state index in [2.05, 4.69) is 15.3 Å². The molecule has 2 aromatic rings. The van der Waals surface area contributed by atoms with Gasteiger partial charge in [-0.15, -0.1) is 0 Å². The second-order valence-corrected chi connectivity index (χ2v) is 3.72. The molecule has 84 valence electrons. The summed E-state index contributed by atoms with van der Waals surface area (Å²) < 4.78 is 0. The highest BCUT2D eigenvalue weighted by Gasteiger charge is 2.05. The van der Waals surface area contributed by atoms with Crippen molar-refractivity contribution in [2.75, 3.05) is 7.05 Å². The highest BCUT2D eigenvalue weighted by Crippen LogP contribution is 2.15. The van der Waals surface area contributed by atoms with Gasteiger partial charge in [-0.3, -0.25) is 9.59 Å². The molecule has 3 N–H and O–H groups in total. The maximum absolute atomic E-state index is 11.2. The van der Waals surface area contributed by atoms with Crippen molar-refractivity contribution < 1.29 is 0 Å². The minimum Gasteiger partial charge on any atom is -0.316 e. The lowest BCUT2D eigenvalue weighted by molar-refractivity contribution is 0.653. The van der Waals surface area contributed by atoms with Gasteiger partial charge in [0.2, 0.25) is 0 Å². The molecule has 0 radical (unpaired) electrons. The number of rotatable bonds is 2. The van der Waals surface area contributed by atoms with Crippen LogP contribution < -0.4 is 16.4 Å². The van der Waals surface area contributed by atoms with Crippen molar-refractivity contribution in [3.8, 4) is 0 Å². The molecule has 2 rings (SSSR count). The van der Waals surface area contributed by atoms with E-state index in [1.165, 1.54) is 0 Å². The van der Waals surface area contributed by atoms with E-state index >= 15 is 0 Å². The summed E-state index contributed by atoms with van der Waals surface area (Å²) in [4.78, 5) is 27.3. The van der Waals surface area contributed by atoms with E-state index in [0.29, 0.717) is 11.0 Å². The van der Waals surface area contributed by atoms with Crippen LogP contribution in [-0.2, 0) is 0 Å². The van der Waals surface area contributed by atoms with Crippen LogP contribution in [0.5, 0.6) is 0 Å². The Morgan fingerprint density at radius 1 is 1.12 bits per heavy atom. The van der Waals surface area contributed by atoms with Gasteiger partial charge in [0.05, 0.1) is 11.0 Å². The zero-order valence-corrected chi connectivity index (χ0v) is 9.13. The molecule has 1 aromatic carbocycles. The molecule has 0 bridgehead atoms. The smallest absolute Gasteiger partial charge is 0.314 e. The number of aromatic nitrogens is 2. The maximum atomic E-state index is 11.2. The molecule has 0 amide bonds. The van der Waals surface area contributed by atoms with Gasteiger partial charge < -0.3 is 15.3 Å². The first-order chi connectivity index (χ1) is 7.61. The first-order valence-electron chi connectivity index (χ1n) is 5.05. The van der Waals surface area contributed by atoms with Gasteiger partial charge in [0.25, 0.3) is 0 Å². The fraction of sp³-hybridized carbons (Fsp3) is 0.273. The Labute approximate surface area is 91.5 Å². The molecule has 16 heavy (non-hydrogen) atoms. The monoisotopic (exact) mass is 219 g/mol. The molecular weight excluding hydrogens is 206 g/mol. The number of hydrogen-bond acceptors (Lipinski definition) is 3. The molecule has 1 heterocycles.